The van der Waals surface area contributed by atoms with Gasteiger partial charge in [0.05, 0.1) is 12.5 Å². The van der Waals surface area contributed by atoms with Gasteiger partial charge in [-0.25, -0.2) is 13.2 Å². The first kappa shape index (κ1) is 15.4. The topological polar surface area (TPSA) is 58.5 Å². The summed E-state index contributed by atoms with van der Waals surface area (Å²) < 4.78 is 21.7. The minimum absolute atomic E-state index is 0.514. The van der Waals surface area contributed by atoms with Gasteiger partial charge in [-0.15, -0.1) is 0 Å². The first-order valence-corrected chi connectivity index (χ1v) is 7.95. The predicted molar refractivity (Wildman–Crippen MR) is 80.7 cm³/mol. The number of nitrogens with zero attached hydrogens (tertiary/aromatic N) is 1. The minimum Gasteiger partial charge on any atom is -0.206 e. The van der Waals surface area contributed by atoms with Crippen LogP contribution < -0.4 is 4.83 Å². The van der Waals surface area contributed by atoms with E-state index in [2.05, 4.69) is 35.9 Å². The van der Waals surface area contributed by atoms with E-state index >= 15 is 0 Å². The van der Waals surface area contributed by atoms with Gasteiger partial charge in [-0.1, -0.05) is 44.2 Å². The average Bonchev–Trinajstić information content (AvgIpc) is 2.27. The molecule has 0 bridgehead atoms. The third kappa shape index (κ3) is 6.20. The van der Waals surface area contributed by atoms with Gasteiger partial charge in [0.2, 0.25) is 10.0 Å². The van der Waals surface area contributed by atoms with Gasteiger partial charge in [0.15, 0.2) is 0 Å². The van der Waals surface area contributed by atoms with E-state index in [-0.39, 0.29) is 0 Å². The Morgan fingerprint density at radius 1 is 1.26 bits per heavy atom. The zero-order valence-electron chi connectivity index (χ0n) is 11.7. The van der Waals surface area contributed by atoms with Crippen LogP contribution >= 0.6 is 0 Å². The monoisotopic (exact) mass is 280 g/mol. The largest absolute Gasteiger partial charge is 0.244 e. The molecule has 0 aliphatic heterocycles. The molecule has 1 aromatic carbocycles. The third-order valence-corrected chi connectivity index (χ3v) is 2.92. The van der Waals surface area contributed by atoms with Crippen molar-refractivity contribution >= 4 is 22.3 Å². The summed E-state index contributed by atoms with van der Waals surface area (Å²) in [4.78, 5) is 2.06. The predicted octanol–water partition coefficient (Wildman–Crippen LogP) is 2.75. The molecule has 0 radical (unpaired) electrons. The third-order valence-electron chi connectivity index (χ3n) is 2.48. The lowest BCUT2D eigenvalue weighted by Crippen LogP contribution is -2.15. The highest BCUT2D eigenvalue weighted by Gasteiger charge is 1.98. The van der Waals surface area contributed by atoms with Gasteiger partial charge in [0.1, 0.15) is 0 Å². The van der Waals surface area contributed by atoms with Crippen LogP contribution in [0.25, 0.3) is 6.08 Å². The van der Waals surface area contributed by atoms with E-state index in [1.54, 1.807) is 0 Å². The van der Waals surface area contributed by atoms with Gasteiger partial charge < -0.3 is 0 Å². The summed E-state index contributed by atoms with van der Waals surface area (Å²) in [6.07, 6.45) is 4.49. The number of hydrogen-bond acceptors (Lipinski definition) is 3. The molecule has 104 valence electrons. The molecular weight excluding hydrogens is 260 g/mol. The van der Waals surface area contributed by atoms with Crippen LogP contribution in [0.3, 0.4) is 0 Å². The van der Waals surface area contributed by atoms with Crippen LogP contribution in [0.1, 0.15) is 37.8 Å². The van der Waals surface area contributed by atoms with Gasteiger partial charge >= 0.3 is 0 Å². The molecule has 0 spiro atoms. The second-order valence-electron chi connectivity index (χ2n) is 4.83. The molecule has 0 heterocycles. The van der Waals surface area contributed by atoms with Crippen LogP contribution in [0.15, 0.2) is 34.9 Å². The maximum atomic E-state index is 10.8. The molecule has 5 heteroatoms. The standard InChI is InChI=1S/C14H20N2O2S/c1-11(2)14-7-5-13(6-8-14)9-12(3)10-15-16-19(4,17)18/h5-11,16H,1-4H3. The van der Waals surface area contributed by atoms with Crippen molar-refractivity contribution in [3.05, 3.63) is 41.0 Å². The number of sulfonamides is 1. The molecule has 0 unspecified atom stereocenters. The maximum absolute atomic E-state index is 10.8. The Morgan fingerprint density at radius 2 is 1.84 bits per heavy atom. The molecule has 0 aliphatic carbocycles. The molecule has 1 N–H and O–H groups in total. The molecule has 0 aliphatic rings. The Kier molecular flexibility index (Phi) is 5.30. The van der Waals surface area contributed by atoms with Gasteiger partial charge in [-0.05, 0) is 29.5 Å². The smallest absolute Gasteiger partial charge is 0.206 e. The summed E-state index contributed by atoms with van der Waals surface area (Å²) >= 11 is 0. The SMILES string of the molecule is CC(C=NNS(C)(=O)=O)=Cc1ccc(C(C)C)cc1. The highest BCUT2D eigenvalue weighted by molar-refractivity contribution is 7.88. The fourth-order valence-electron chi connectivity index (χ4n) is 1.50. The van der Waals surface area contributed by atoms with Crippen molar-refractivity contribution in [2.45, 2.75) is 26.7 Å². The Morgan fingerprint density at radius 3 is 2.32 bits per heavy atom. The zero-order chi connectivity index (χ0) is 14.5. The van der Waals surface area contributed by atoms with Gasteiger partial charge in [-0.2, -0.15) is 5.10 Å². The Balaban J connectivity index is 2.73. The number of allylic oxidation sites excluding steroid dienone is 1. The molecule has 19 heavy (non-hydrogen) atoms. The lowest BCUT2D eigenvalue weighted by Gasteiger charge is -2.05. The number of benzene rings is 1. The lowest BCUT2D eigenvalue weighted by atomic mass is 10.0. The van der Waals surface area contributed by atoms with E-state index in [1.165, 1.54) is 11.8 Å². The van der Waals surface area contributed by atoms with Gasteiger partial charge in [0, 0.05) is 0 Å². The fourth-order valence-corrected chi connectivity index (χ4v) is 1.75. The Hall–Kier alpha value is -1.62. The van der Waals surface area contributed by atoms with Crippen molar-refractivity contribution < 1.29 is 8.42 Å². The van der Waals surface area contributed by atoms with Crippen LogP contribution in [0, 0.1) is 0 Å². The summed E-state index contributed by atoms with van der Waals surface area (Å²) in [7, 11) is -3.28. The normalized spacial score (nSPS) is 13.2. The molecule has 0 amide bonds. The van der Waals surface area contributed by atoms with Crippen LogP contribution in [-0.4, -0.2) is 20.9 Å². The first-order valence-electron chi connectivity index (χ1n) is 6.06. The van der Waals surface area contributed by atoms with Gasteiger partial charge in [-0.3, -0.25) is 0 Å². The molecule has 1 rings (SSSR count). The number of nitrogens with one attached hydrogen (secondary N) is 1. The highest BCUT2D eigenvalue weighted by Crippen LogP contribution is 2.15. The maximum Gasteiger partial charge on any atom is 0.244 e. The van der Waals surface area contributed by atoms with E-state index in [9.17, 15) is 8.42 Å². The van der Waals surface area contributed by atoms with E-state index in [0.29, 0.717) is 5.92 Å². The summed E-state index contributed by atoms with van der Waals surface area (Å²) in [5, 5.41) is 3.65. The van der Waals surface area contributed by atoms with Crippen molar-refractivity contribution in [3.8, 4) is 0 Å². The van der Waals surface area contributed by atoms with Crippen LogP contribution in [0.5, 0.6) is 0 Å². The molecule has 1 aromatic rings. The second-order valence-corrected chi connectivity index (χ2v) is 6.56. The molecule has 0 saturated heterocycles. The summed E-state index contributed by atoms with van der Waals surface area (Å²) in [5.41, 5.74) is 3.23. The molecular formula is C14H20N2O2S. The van der Waals surface area contributed by atoms with Crippen molar-refractivity contribution in [3.63, 3.8) is 0 Å². The van der Waals surface area contributed by atoms with E-state index in [4.69, 9.17) is 0 Å². The molecule has 0 saturated carbocycles. The highest BCUT2D eigenvalue weighted by atomic mass is 32.2. The van der Waals surface area contributed by atoms with Crippen molar-refractivity contribution in [1.82, 2.24) is 4.83 Å². The van der Waals surface area contributed by atoms with E-state index in [1.807, 2.05) is 25.1 Å². The van der Waals surface area contributed by atoms with Crippen molar-refractivity contribution in [2.24, 2.45) is 5.10 Å². The average molecular weight is 280 g/mol. The first-order chi connectivity index (χ1) is 8.78. The van der Waals surface area contributed by atoms with E-state index < -0.39 is 10.0 Å². The van der Waals surface area contributed by atoms with Crippen LogP contribution in [0.2, 0.25) is 0 Å². The molecule has 0 aromatic heterocycles. The van der Waals surface area contributed by atoms with Crippen molar-refractivity contribution in [1.29, 1.82) is 0 Å². The lowest BCUT2D eigenvalue weighted by molar-refractivity contribution is 0.591. The van der Waals surface area contributed by atoms with E-state index in [0.717, 1.165) is 17.4 Å². The molecule has 0 fully saturated rings. The fraction of sp³-hybridized carbons (Fsp3) is 0.357. The number of hydrogen-bond donors (Lipinski definition) is 1. The van der Waals surface area contributed by atoms with Crippen LogP contribution in [0.4, 0.5) is 0 Å². The van der Waals surface area contributed by atoms with Crippen molar-refractivity contribution in [2.75, 3.05) is 6.26 Å². The quantitative estimate of drug-likeness (QED) is 0.666. The number of rotatable bonds is 5. The zero-order valence-corrected chi connectivity index (χ0v) is 12.5. The molecule has 0 atom stereocenters. The summed E-state index contributed by atoms with van der Waals surface area (Å²) in [6.45, 7) is 6.17. The van der Waals surface area contributed by atoms with Crippen LogP contribution in [-0.2, 0) is 10.0 Å². The Labute approximate surface area is 115 Å². The minimum atomic E-state index is -3.28. The Bertz CT molecular complexity index is 570. The number of hydrazone groups is 1. The summed E-state index contributed by atoms with van der Waals surface area (Å²) in [5.74, 6) is 0.514. The second kappa shape index (κ2) is 6.52. The summed E-state index contributed by atoms with van der Waals surface area (Å²) in [6, 6.07) is 8.26. The molecule has 4 nitrogen and oxygen atoms in total. The van der Waals surface area contributed by atoms with Gasteiger partial charge in [0.25, 0.3) is 0 Å².